The molecular formula is C20H14CrN2O5S. The van der Waals surface area contributed by atoms with Gasteiger partial charge in [0.25, 0.3) is 10.1 Å². The zero-order chi connectivity index (χ0) is 19.9. The number of hydrogen-bond donors (Lipinski definition) is 3. The summed E-state index contributed by atoms with van der Waals surface area (Å²) >= 11 is 0. The van der Waals surface area contributed by atoms with Gasteiger partial charge in [-0.05, 0) is 11.5 Å². The van der Waals surface area contributed by atoms with Gasteiger partial charge in [-0.15, -0.1) is 10.2 Å². The molecule has 4 aromatic rings. The summed E-state index contributed by atoms with van der Waals surface area (Å²) in [7, 11) is -4.54. The van der Waals surface area contributed by atoms with Crippen molar-refractivity contribution in [2.24, 2.45) is 10.2 Å². The van der Waals surface area contributed by atoms with Crippen LogP contribution in [0.3, 0.4) is 0 Å². The van der Waals surface area contributed by atoms with E-state index in [2.05, 4.69) is 10.2 Å². The summed E-state index contributed by atoms with van der Waals surface area (Å²) in [4.78, 5) is -0.424. The third kappa shape index (κ3) is 3.81. The Bertz CT molecular complexity index is 1370. The normalized spacial score (nSPS) is 11.8. The Morgan fingerprint density at radius 3 is 1.90 bits per heavy atom. The van der Waals surface area contributed by atoms with Crippen molar-refractivity contribution < 1.29 is 40.5 Å². The van der Waals surface area contributed by atoms with Crippen molar-refractivity contribution in [2.75, 3.05) is 0 Å². The SMILES string of the molecule is O=S(=O)(O)c1cc(O)c(N=Nc2c(O)ccc3ccccc23)c2ccccc12.[Cr]. The average Bonchev–Trinajstić information content (AvgIpc) is 2.67. The van der Waals surface area contributed by atoms with E-state index in [9.17, 15) is 23.2 Å². The first-order valence-corrected chi connectivity index (χ1v) is 9.65. The van der Waals surface area contributed by atoms with Gasteiger partial charge in [0.2, 0.25) is 0 Å². The van der Waals surface area contributed by atoms with Gasteiger partial charge in [-0.2, -0.15) is 8.42 Å². The summed E-state index contributed by atoms with van der Waals surface area (Å²) in [6.45, 7) is 0. The molecule has 0 spiro atoms. The van der Waals surface area contributed by atoms with Gasteiger partial charge in [0.05, 0.1) is 0 Å². The van der Waals surface area contributed by atoms with Crippen molar-refractivity contribution in [1.29, 1.82) is 0 Å². The van der Waals surface area contributed by atoms with Crippen LogP contribution in [0, 0.1) is 0 Å². The fourth-order valence-corrected chi connectivity index (χ4v) is 3.80. The number of fused-ring (bicyclic) bond motifs is 2. The van der Waals surface area contributed by atoms with Crippen LogP contribution in [0.1, 0.15) is 0 Å². The molecule has 0 radical (unpaired) electrons. The quantitative estimate of drug-likeness (QED) is 0.300. The van der Waals surface area contributed by atoms with Crippen molar-refractivity contribution in [3.63, 3.8) is 0 Å². The molecule has 146 valence electrons. The molecule has 29 heavy (non-hydrogen) atoms. The molecule has 7 nitrogen and oxygen atoms in total. The summed E-state index contributed by atoms with van der Waals surface area (Å²) in [5.41, 5.74) is 0.246. The summed E-state index contributed by atoms with van der Waals surface area (Å²) in [6.07, 6.45) is 0. The zero-order valence-electron chi connectivity index (χ0n) is 14.7. The zero-order valence-corrected chi connectivity index (χ0v) is 16.8. The van der Waals surface area contributed by atoms with Gasteiger partial charge < -0.3 is 10.2 Å². The molecule has 0 aromatic heterocycles. The number of azo groups is 1. The van der Waals surface area contributed by atoms with Gasteiger partial charge in [-0.25, -0.2) is 0 Å². The monoisotopic (exact) mass is 446 g/mol. The van der Waals surface area contributed by atoms with E-state index in [4.69, 9.17) is 0 Å². The van der Waals surface area contributed by atoms with Gasteiger partial charge in [0.1, 0.15) is 27.8 Å². The molecular weight excluding hydrogens is 432 g/mol. The molecule has 0 unspecified atom stereocenters. The minimum absolute atomic E-state index is 0. The van der Waals surface area contributed by atoms with Crippen molar-refractivity contribution in [3.8, 4) is 11.5 Å². The largest absolute Gasteiger partial charge is 0.506 e. The van der Waals surface area contributed by atoms with Gasteiger partial charge in [-0.3, -0.25) is 4.55 Å². The molecule has 0 heterocycles. The molecule has 0 fully saturated rings. The van der Waals surface area contributed by atoms with Crippen LogP contribution in [-0.4, -0.2) is 23.2 Å². The van der Waals surface area contributed by atoms with Gasteiger partial charge >= 0.3 is 0 Å². The Morgan fingerprint density at radius 1 is 0.690 bits per heavy atom. The number of rotatable bonds is 3. The van der Waals surface area contributed by atoms with Crippen molar-refractivity contribution >= 4 is 43.0 Å². The summed E-state index contributed by atoms with van der Waals surface area (Å²) < 4.78 is 32.7. The summed E-state index contributed by atoms with van der Waals surface area (Å²) in [6, 6.07) is 17.8. The molecule has 4 aromatic carbocycles. The smallest absolute Gasteiger partial charge is 0.295 e. The third-order valence-corrected chi connectivity index (χ3v) is 5.26. The van der Waals surface area contributed by atoms with E-state index in [-0.39, 0.29) is 39.9 Å². The topological polar surface area (TPSA) is 120 Å². The number of hydrogen-bond acceptors (Lipinski definition) is 6. The molecule has 0 saturated heterocycles. The molecule has 9 heteroatoms. The summed E-state index contributed by atoms with van der Waals surface area (Å²) in [5, 5.41) is 30.7. The molecule has 4 rings (SSSR count). The van der Waals surface area contributed by atoms with Crippen LogP contribution in [0.15, 0.2) is 81.9 Å². The minimum atomic E-state index is -4.54. The van der Waals surface area contributed by atoms with E-state index in [0.717, 1.165) is 11.5 Å². The second kappa shape index (κ2) is 7.81. The number of nitrogens with zero attached hydrogens (tertiary/aromatic N) is 2. The number of phenolic OH excluding ortho intramolecular Hbond substituents is 2. The molecule has 0 amide bonds. The van der Waals surface area contributed by atoms with Gasteiger partial charge in [0.15, 0.2) is 0 Å². The van der Waals surface area contributed by atoms with Crippen LogP contribution >= 0.6 is 0 Å². The van der Waals surface area contributed by atoms with E-state index in [0.29, 0.717) is 10.8 Å². The van der Waals surface area contributed by atoms with Gasteiger partial charge in [0, 0.05) is 39.6 Å². The first kappa shape index (κ1) is 20.8. The predicted octanol–water partition coefficient (Wildman–Crippen LogP) is 5.06. The van der Waals surface area contributed by atoms with Crippen LogP contribution in [-0.2, 0) is 27.5 Å². The van der Waals surface area contributed by atoms with E-state index < -0.39 is 20.8 Å². The molecule has 0 saturated carbocycles. The van der Waals surface area contributed by atoms with Crippen LogP contribution in [0.25, 0.3) is 21.5 Å². The molecule has 0 bridgehead atoms. The fraction of sp³-hybridized carbons (Fsp3) is 0. The third-order valence-electron chi connectivity index (χ3n) is 4.37. The number of benzene rings is 4. The Balaban J connectivity index is 0.00000240. The average molecular weight is 446 g/mol. The second-order valence-corrected chi connectivity index (χ2v) is 7.51. The number of aromatic hydroxyl groups is 2. The van der Waals surface area contributed by atoms with Crippen molar-refractivity contribution in [1.82, 2.24) is 0 Å². The van der Waals surface area contributed by atoms with Crippen molar-refractivity contribution in [3.05, 3.63) is 66.7 Å². The molecule has 0 aliphatic heterocycles. The first-order chi connectivity index (χ1) is 13.4. The van der Waals surface area contributed by atoms with E-state index in [1.165, 1.54) is 12.1 Å². The Labute approximate surface area is 176 Å². The first-order valence-electron chi connectivity index (χ1n) is 8.21. The van der Waals surface area contributed by atoms with Crippen LogP contribution in [0.5, 0.6) is 11.5 Å². The maximum Gasteiger partial charge on any atom is 0.295 e. The Hall–Kier alpha value is -2.96. The van der Waals surface area contributed by atoms with Crippen molar-refractivity contribution in [2.45, 2.75) is 4.90 Å². The number of phenols is 2. The van der Waals surface area contributed by atoms with Crippen LogP contribution < -0.4 is 0 Å². The Morgan fingerprint density at radius 2 is 1.24 bits per heavy atom. The standard InChI is InChI=1S/C20H14N2O5S.Cr/c23-16-10-9-12-5-1-2-6-13(12)19(16)21-22-20-15-8-4-3-7-14(15)18(11-17(20)24)28(25,26)27;/h1-11,23-24H,(H,25,26,27);. The maximum absolute atomic E-state index is 11.6. The second-order valence-electron chi connectivity index (χ2n) is 6.12. The molecule has 0 atom stereocenters. The van der Waals surface area contributed by atoms with Crippen LogP contribution in [0.2, 0.25) is 0 Å². The van der Waals surface area contributed by atoms with E-state index in [1.807, 2.05) is 12.1 Å². The van der Waals surface area contributed by atoms with E-state index >= 15 is 0 Å². The summed E-state index contributed by atoms with van der Waals surface area (Å²) in [5.74, 6) is -0.546. The minimum Gasteiger partial charge on any atom is -0.506 e. The molecule has 0 aliphatic carbocycles. The maximum atomic E-state index is 11.6. The Kier molecular flexibility index (Phi) is 5.60. The molecule has 3 N–H and O–H groups in total. The van der Waals surface area contributed by atoms with Gasteiger partial charge in [-0.1, -0.05) is 54.6 Å². The fourth-order valence-electron chi connectivity index (χ4n) is 3.08. The predicted molar refractivity (Wildman–Crippen MR) is 105 cm³/mol. The van der Waals surface area contributed by atoms with E-state index in [1.54, 1.807) is 36.4 Å². The van der Waals surface area contributed by atoms with Crippen LogP contribution in [0.4, 0.5) is 11.4 Å². The molecule has 0 aliphatic rings.